The molecule has 0 heterocycles. The topological polar surface area (TPSA) is 0 Å². The van der Waals surface area contributed by atoms with Crippen LogP contribution in [0.4, 0.5) is 0 Å². The molecule has 1 heteroatoms. The summed E-state index contributed by atoms with van der Waals surface area (Å²) in [7, 11) is 0. The van der Waals surface area contributed by atoms with Gasteiger partial charge in [-0.25, -0.2) is 0 Å². The van der Waals surface area contributed by atoms with Gasteiger partial charge < -0.3 is 0 Å². The first-order valence-corrected chi connectivity index (χ1v) is 6.38. The lowest BCUT2D eigenvalue weighted by Crippen LogP contribution is -1.91. The van der Waals surface area contributed by atoms with Crippen LogP contribution >= 0.6 is 11.6 Å². The first-order chi connectivity index (χ1) is 7.24. The molecular weight excluding hydrogens is 204 g/mol. The van der Waals surface area contributed by atoms with Crippen LogP contribution in [0.25, 0.3) is 0 Å². The Bertz CT molecular complexity index is 263. The van der Waals surface area contributed by atoms with Crippen molar-refractivity contribution in [2.24, 2.45) is 0 Å². The Morgan fingerprint density at radius 1 is 1.07 bits per heavy atom. The molecule has 0 fully saturated rings. The van der Waals surface area contributed by atoms with Crippen LogP contribution in [0.15, 0.2) is 24.3 Å². The van der Waals surface area contributed by atoms with Crippen molar-refractivity contribution in [3.63, 3.8) is 0 Å². The molecule has 0 amide bonds. The smallest absolute Gasteiger partial charge is 0.0585 e. The van der Waals surface area contributed by atoms with Crippen LogP contribution in [-0.2, 0) is 0 Å². The summed E-state index contributed by atoms with van der Waals surface area (Å²) in [5.41, 5.74) is 2.56. The molecule has 1 aromatic carbocycles. The zero-order valence-corrected chi connectivity index (χ0v) is 10.6. The molecule has 15 heavy (non-hydrogen) atoms. The number of halogens is 1. The lowest BCUT2D eigenvalue weighted by molar-refractivity contribution is 0.624. The van der Waals surface area contributed by atoms with Crippen LogP contribution in [0.1, 0.15) is 55.5 Å². The first-order valence-electron chi connectivity index (χ1n) is 5.94. The van der Waals surface area contributed by atoms with Crippen molar-refractivity contribution >= 4 is 11.6 Å². The van der Waals surface area contributed by atoms with E-state index in [-0.39, 0.29) is 5.38 Å². The fraction of sp³-hybridized carbons (Fsp3) is 0.571. The number of hydrogen-bond donors (Lipinski definition) is 0. The van der Waals surface area contributed by atoms with E-state index in [1.54, 1.807) is 0 Å². The van der Waals surface area contributed by atoms with Gasteiger partial charge in [0.15, 0.2) is 0 Å². The maximum atomic E-state index is 6.34. The third kappa shape index (κ3) is 4.70. The second-order valence-corrected chi connectivity index (χ2v) is 4.75. The highest BCUT2D eigenvalue weighted by Gasteiger charge is 2.06. The van der Waals surface area contributed by atoms with Crippen molar-refractivity contribution < 1.29 is 0 Å². The zero-order valence-electron chi connectivity index (χ0n) is 9.80. The van der Waals surface area contributed by atoms with E-state index < -0.39 is 0 Å². The summed E-state index contributed by atoms with van der Waals surface area (Å²) < 4.78 is 0. The largest absolute Gasteiger partial charge is 0.118 e. The van der Waals surface area contributed by atoms with E-state index in [1.807, 2.05) is 0 Å². The van der Waals surface area contributed by atoms with E-state index in [0.29, 0.717) is 0 Å². The molecule has 0 bridgehead atoms. The van der Waals surface area contributed by atoms with Crippen molar-refractivity contribution in [2.75, 3.05) is 0 Å². The van der Waals surface area contributed by atoms with Crippen LogP contribution in [0.3, 0.4) is 0 Å². The molecule has 1 aromatic rings. The monoisotopic (exact) mass is 224 g/mol. The fourth-order valence-electron chi connectivity index (χ4n) is 1.69. The van der Waals surface area contributed by atoms with Crippen LogP contribution in [0.2, 0.25) is 0 Å². The second-order valence-electron chi connectivity index (χ2n) is 4.23. The van der Waals surface area contributed by atoms with Crippen molar-refractivity contribution in [3.8, 4) is 0 Å². The summed E-state index contributed by atoms with van der Waals surface area (Å²) in [6.07, 6.45) is 6.28. The first kappa shape index (κ1) is 12.6. The highest BCUT2D eigenvalue weighted by atomic mass is 35.5. The van der Waals surface area contributed by atoms with Crippen molar-refractivity contribution in [2.45, 2.75) is 51.3 Å². The van der Waals surface area contributed by atoms with Gasteiger partial charge in [0.25, 0.3) is 0 Å². The van der Waals surface area contributed by atoms with Gasteiger partial charge in [-0.05, 0) is 18.9 Å². The molecule has 0 aliphatic carbocycles. The molecule has 0 radical (unpaired) electrons. The molecule has 84 valence electrons. The molecule has 0 aromatic heterocycles. The van der Waals surface area contributed by atoms with Gasteiger partial charge in [-0.1, -0.05) is 62.4 Å². The molecule has 0 aliphatic heterocycles. The average molecular weight is 225 g/mol. The van der Waals surface area contributed by atoms with Crippen LogP contribution in [0, 0.1) is 6.92 Å². The summed E-state index contributed by atoms with van der Waals surface area (Å²) in [6.45, 7) is 4.34. The number of hydrogen-bond acceptors (Lipinski definition) is 0. The van der Waals surface area contributed by atoms with Crippen molar-refractivity contribution in [1.29, 1.82) is 0 Å². The minimum absolute atomic E-state index is 0.197. The summed E-state index contributed by atoms with van der Waals surface area (Å²) in [6, 6.07) is 8.56. The van der Waals surface area contributed by atoms with E-state index in [4.69, 9.17) is 11.6 Å². The van der Waals surface area contributed by atoms with Gasteiger partial charge in [0.1, 0.15) is 0 Å². The Balaban J connectivity index is 2.33. The molecule has 0 N–H and O–H groups in total. The molecule has 1 unspecified atom stereocenters. The van der Waals surface area contributed by atoms with E-state index in [0.717, 1.165) is 6.42 Å². The van der Waals surface area contributed by atoms with Gasteiger partial charge in [0, 0.05) is 0 Å². The van der Waals surface area contributed by atoms with Gasteiger partial charge in [0.2, 0.25) is 0 Å². The highest BCUT2D eigenvalue weighted by Crippen LogP contribution is 2.26. The van der Waals surface area contributed by atoms with Crippen LogP contribution in [-0.4, -0.2) is 0 Å². The van der Waals surface area contributed by atoms with Gasteiger partial charge in [-0.15, -0.1) is 11.6 Å². The van der Waals surface area contributed by atoms with E-state index >= 15 is 0 Å². The van der Waals surface area contributed by atoms with E-state index in [9.17, 15) is 0 Å². The second kappa shape index (κ2) is 6.90. The Morgan fingerprint density at radius 2 is 1.73 bits per heavy atom. The summed E-state index contributed by atoms with van der Waals surface area (Å²) >= 11 is 6.34. The maximum absolute atomic E-state index is 6.34. The molecule has 0 spiro atoms. The van der Waals surface area contributed by atoms with Gasteiger partial charge in [-0.2, -0.15) is 0 Å². The van der Waals surface area contributed by atoms with Crippen molar-refractivity contribution in [3.05, 3.63) is 35.4 Å². The molecule has 1 atom stereocenters. The van der Waals surface area contributed by atoms with Gasteiger partial charge in [-0.3, -0.25) is 0 Å². The summed E-state index contributed by atoms with van der Waals surface area (Å²) in [5.74, 6) is 0. The highest BCUT2D eigenvalue weighted by molar-refractivity contribution is 6.20. The molecule has 0 saturated carbocycles. The minimum Gasteiger partial charge on any atom is -0.118 e. The third-order valence-corrected chi connectivity index (χ3v) is 3.22. The van der Waals surface area contributed by atoms with E-state index in [2.05, 4.69) is 38.1 Å². The number of alkyl halides is 1. The average Bonchev–Trinajstić information content (AvgIpc) is 2.25. The van der Waals surface area contributed by atoms with Crippen LogP contribution in [0.5, 0.6) is 0 Å². The number of unbranched alkanes of at least 4 members (excludes halogenated alkanes) is 3. The van der Waals surface area contributed by atoms with Crippen molar-refractivity contribution in [1.82, 2.24) is 0 Å². The molecule has 0 saturated heterocycles. The molecule has 1 rings (SSSR count). The lowest BCUT2D eigenvalue weighted by atomic mass is 10.0. The molecular formula is C14H21Cl. The Morgan fingerprint density at radius 3 is 2.33 bits per heavy atom. The molecule has 0 aliphatic rings. The van der Waals surface area contributed by atoms with Crippen LogP contribution < -0.4 is 0 Å². The predicted octanol–water partition coefficient (Wildman–Crippen LogP) is 5.25. The number of aryl methyl sites for hydroxylation is 1. The number of rotatable bonds is 6. The third-order valence-electron chi connectivity index (χ3n) is 2.75. The maximum Gasteiger partial charge on any atom is 0.0585 e. The molecule has 0 nitrogen and oxygen atoms in total. The normalized spacial score (nSPS) is 12.7. The Hall–Kier alpha value is -0.490. The SMILES string of the molecule is CCCCCCC(Cl)c1ccc(C)cc1. The summed E-state index contributed by atoms with van der Waals surface area (Å²) in [5, 5.41) is 0.197. The summed E-state index contributed by atoms with van der Waals surface area (Å²) in [4.78, 5) is 0. The Labute approximate surface area is 98.7 Å². The standard InChI is InChI=1S/C14H21Cl/c1-3-4-5-6-7-14(15)13-10-8-12(2)9-11-13/h8-11,14H,3-7H2,1-2H3. The lowest BCUT2D eigenvalue weighted by Gasteiger charge is -2.09. The van der Waals surface area contributed by atoms with Gasteiger partial charge >= 0.3 is 0 Å². The van der Waals surface area contributed by atoms with E-state index in [1.165, 1.54) is 36.8 Å². The fourth-order valence-corrected chi connectivity index (χ4v) is 1.99. The quantitative estimate of drug-likeness (QED) is 0.458. The Kier molecular flexibility index (Phi) is 5.78. The van der Waals surface area contributed by atoms with Gasteiger partial charge in [0.05, 0.1) is 5.38 Å². The number of benzene rings is 1. The predicted molar refractivity (Wildman–Crippen MR) is 68.5 cm³/mol. The zero-order chi connectivity index (χ0) is 11.1. The minimum atomic E-state index is 0.197.